The van der Waals surface area contributed by atoms with Crippen LogP contribution in [0, 0.1) is 13.8 Å². The van der Waals surface area contributed by atoms with Gasteiger partial charge >= 0.3 is 84.3 Å². The summed E-state index contributed by atoms with van der Waals surface area (Å²) < 4.78 is 0. The largest absolute Gasteiger partial charge is 2.00 e. The number of imidazole rings is 2. The van der Waals surface area contributed by atoms with Gasteiger partial charge in [0.05, 0.1) is 22.8 Å². The van der Waals surface area contributed by atoms with Crippen LogP contribution < -0.4 is 40.0 Å². The molecule has 0 unspecified atom stereocenters. The Labute approximate surface area is 622 Å². The molecule has 16 heterocycles. The van der Waals surface area contributed by atoms with E-state index >= 15 is 0 Å². The fraction of sp³-hybridized carbons (Fsp3) is 0.0822. The minimum Gasteiger partial charge on any atom is -0.662 e. The van der Waals surface area contributed by atoms with Gasteiger partial charge in [-0.2, -0.15) is 30.5 Å². The summed E-state index contributed by atoms with van der Waals surface area (Å²) in [5, 5.41) is 8.17. The summed E-state index contributed by atoms with van der Waals surface area (Å²) in [7, 11) is 0. The number of rotatable bonds is 16. The van der Waals surface area contributed by atoms with E-state index in [9.17, 15) is 0 Å². The van der Waals surface area contributed by atoms with Crippen molar-refractivity contribution in [2.24, 2.45) is 0 Å². The average Bonchev–Trinajstić information content (AvgIpc) is 1.88. The minimum absolute atomic E-state index is 0. The van der Waals surface area contributed by atoms with Gasteiger partial charge < -0.3 is 55.1 Å². The van der Waals surface area contributed by atoms with E-state index in [-0.39, 0.29) is 84.3 Å². The van der Waals surface area contributed by atoms with Crippen LogP contribution in [-0.4, -0.2) is 64.9 Å². The maximum atomic E-state index is 4.68. The Morgan fingerprint density at radius 1 is 0.276 bits per heavy atom. The van der Waals surface area contributed by atoms with Crippen LogP contribution in [0.15, 0.2) is 250 Å². The van der Waals surface area contributed by atoms with Crippen molar-refractivity contribution in [3.8, 4) is 91.6 Å². The van der Waals surface area contributed by atoms with Crippen LogP contribution in [-0.2, 0) is 110 Å². The van der Waals surface area contributed by atoms with Crippen LogP contribution in [0.25, 0.3) is 91.6 Å². The van der Waals surface area contributed by atoms with E-state index in [0.29, 0.717) is 49.0 Å². The van der Waals surface area contributed by atoms with Gasteiger partial charge in [0, 0.05) is 101 Å². The second kappa shape index (κ2) is 35.7. The van der Waals surface area contributed by atoms with E-state index in [2.05, 4.69) is 105 Å². The molecule has 0 aliphatic rings. The van der Waals surface area contributed by atoms with Gasteiger partial charge in [0.1, 0.15) is 11.6 Å². The van der Waals surface area contributed by atoms with Crippen LogP contribution in [0.4, 0.5) is 0 Å². The van der Waals surface area contributed by atoms with Crippen molar-refractivity contribution in [3.05, 3.63) is 307 Å². The molecule has 0 saturated heterocycles. The normalized spacial score (nSPS) is 10.4. The van der Waals surface area contributed by atoms with Gasteiger partial charge in [0.15, 0.2) is 0 Å². The predicted octanol–water partition coefficient (Wildman–Crippen LogP) is 10.8. The van der Waals surface area contributed by atoms with Crippen LogP contribution >= 0.6 is 0 Å². The fourth-order valence-corrected chi connectivity index (χ4v) is 9.90. The average molecular weight is 2010 g/mol. The van der Waals surface area contributed by atoms with E-state index in [0.717, 1.165) is 125 Å². The number of nitrogens with zero attached hydrogens (tertiary/aromatic N) is 21. The van der Waals surface area contributed by atoms with Crippen molar-refractivity contribution >= 4 is 0 Å². The Bertz CT molecular complexity index is 4510. The Hall–Kier alpha value is -10.2. The standard InChI is InChI=1S/C19H15N5.C18H14N6.2C18H13N5.4Pt/c1-13-7-8-18(22-13)19-21-11-9-15(24-19)12-14-4-2-5-17(23-14)16-6-3-10-20-16;1-12-10-17(24-23-12)15-6-2-4-13(21-15)11-14-5-3-7-16(22-14)18-19-8-9-20-18;1-4-13(22-16(6-1)15-8-3-9-19-15)12-14-5-2-7-17(23-14)18-20-10-11-21-18;1-4-13(22-16(5-1)15-6-2-9-19-15)12-14-8-11-21-18(23-14)17-7-3-10-20-17;;;;/h2-11H,12H2,1H3;2-10H,11H2,1H3;2*1-11H,12H2;;;;/q4*-2;4*+2. The molecule has 0 bridgehead atoms. The molecule has 25 heteroatoms. The second-order valence-electron chi connectivity index (χ2n) is 21.2. The van der Waals surface area contributed by atoms with Crippen LogP contribution in [0.2, 0.25) is 0 Å². The maximum absolute atomic E-state index is 4.68. The first-order valence-corrected chi connectivity index (χ1v) is 30.0. The molecule has 16 aromatic heterocycles. The Kier molecular flexibility index (Phi) is 26.3. The molecule has 0 N–H and O–H groups in total. The number of aryl methyl sites for hydroxylation is 2. The summed E-state index contributed by atoms with van der Waals surface area (Å²) in [6, 6.07) is 60.5. The summed E-state index contributed by atoms with van der Waals surface area (Å²) in [5.41, 5.74) is 19.4. The number of hydrogen-bond donors (Lipinski definition) is 0. The topological polar surface area (TPSA) is 280 Å². The first-order chi connectivity index (χ1) is 46.3. The van der Waals surface area contributed by atoms with Gasteiger partial charge in [-0.25, -0.2) is 19.9 Å². The molecule has 98 heavy (non-hydrogen) atoms. The van der Waals surface area contributed by atoms with Gasteiger partial charge in [0.2, 0.25) is 0 Å². The summed E-state index contributed by atoms with van der Waals surface area (Å²) in [4.78, 5) is 84.0. The van der Waals surface area contributed by atoms with Crippen LogP contribution in [0.5, 0.6) is 0 Å². The number of pyridine rings is 6. The fourth-order valence-electron chi connectivity index (χ4n) is 9.90. The monoisotopic (exact) mass is 2010 g/mol. The summed E-state index contributed by atoms with van der Waals surface area (Å²) in [6.07, 6.45) is 19.8. The number of hydrogen-bond acceptors (Lipinski definition) is 13. The molecule has 21 nitrogen and oxygen atoms in total. The molecule has 0 atom stereocenters. The Balaban J connectivity index is 0.000000151. The van der Waals surface area contributed by atoms with Gasteiger partial charge in [-0.15, -0.1) is 17.1 Å². The van der Waals surface area contributed by atoms with Crippen molar-refractivity contribution in [1.29, 1.82) is 0 Å². The second-order valence-corrected chi connectivity index (χ2v) is 21.2. The van der Waals surface area contributed by atoms with Crippen LogP contribution in [0.3, 0.4) is 0 Å². The maximum Gasteiger partial charge on any atom is 2.00 e. The summed E-state index contributed by atoms with van der Waals surface area (Å²) in [6.45, 7) is 3.88. The number of aromatic nitrogens is 21. The van der Waals surface area contributed by atoms with Gasteiger partial charge in [-0.1, -0.05) is 152 Å². The summed E-state index contributed by atoms with van der Waals surface area (Å²) in [5.74, 6) is 2.58. The quantitative estimate of drug-likeness (QED) is 0.0869. The molecule has 0 amide bonds. The Morgan fingerprint density at radius 2 is 0.622 bits per heavy atom. The molecule has 0 aromatic carbocycles. The molecule has 0 aliphatic carbocycles. The molecule has 16 rings (SSSR count). The van der Waals surface area contributed by atoms with E-state index < -0.39 is 0 Å². The minimum atomic E-state index is 0. The van der Waals surface area contributed by atoms with Gasteiger partial charge in [-0.05, 0) is 104 Å². The predicted molar refractivity (Wildman–Crippen MR) is 354 cm³/mol. The zero-order valence-electron chi connectivity index (χ0n) is 52.2. The van der Waals surface area contributed by atoms with Gasteiger partial charge in [-0.3, -0.25) is 29.9 Å². The molecule has 0 saturated carbocycles. The first-order valence-electron chi connectivity index (χ1n) is 30.0. The molecular weight excluding hydrogens is 1950 g/mol. The molecule has 16 aromatic rings. The summed E-state index contributed by atoms with van der Waals surface area (Å²) >= 11 is 0. The Morgan fingerprint density at radius 3 is 0.949 bits per heavy atom. The van der Waals surface area contributed by atoms with Crippen molar-refractivity contribution in [2.45, 2.75) is 39.5 Å². The van der Waals surface area contributed by atoms with Crippen molar-refractivity contribution in [1.82, 2.24) is 105 Å². The zero-order chi connectivity index (χ0) is 63.7. The molecule has 0 aliphatic heterocycles. The van der Waals surface area contributed by atoms with E-state index in [4.69, 9.17) is 0 Å². The van der Waals surface area contributed by atoms with E-state index in [1.54, 1.807) is 62.0 Å². The third kappa shape index (κ3) is 19.5. The van der Waals surface area contributed by atoms with Crippen molar-refractivity contribution < 1.29 is 84.3 Å². The third-order valence-corrected chi connectivity index (χ3v) is 14.3. The molecule has 492 valence electrons. The molecule has 0 spiro atoms. The molecule has 0 fully saturated rings. The zero-order valence-corrected chi connectivity index (χ0v) is 61.2. The SMILES string of the molecule is Cc1cc(-c2cccc(Cc3cccc(-c4ncc[n-]4)n3)n2)[n-]n1.Cc1ccc(-c2nccc(Cc3cccc(-c4ccc[n-]4)n3)n2)[n-]1.[Pt+2].[Pt+2].[Pt+2].[Pt+2].c1cc(Cc2cccc(-c3ncc[n-]3)n2)nc(-c2ccc[n-]2)c1.c1cc(Cc2ccnc(-c3ccc[n-]3)n2)nc(-c2ccc[n-]2)c1. The molecule has 0 radical (unpaired) electrons. The van der Waals surface area contributed by atoms with Gasteiger partial charge in [0.25, 0.3) is 0 Å². The van der Waals surface area contributed by atoms with E-state index in [1.165, 1.54) is 0 Å². The molecular formula is C73H55N21Pt4. The smallest absolute Gasteiger partial charge is 0.662 e. The van der Waals surface area contributed by atoms with E-state index in [1.807, 2.05) is 202 Å². The first kappa shape index (κ1) is 72.1. The van der Waals surface area contributed by atoms with Crippen LogP contribution in [0.1, 0.15) is 56.9 Å². The third-order valence-electron chi connectivity index (χ3n) is 14.3. The van der Waals surface area contributed by atoms with Crippen molar-refractivity contribution in [3.63, 3.8) is 0 Å². The van der Waals surface area contributed by atoms with Crippen molar-refractivity contribution in [2.75, 3.05) is 0 Å².